The first-order chi connectivity index (χ1) is 18.7. The zero-order chi connectivity index (χ0) is 25.7. The lowest BCUT2D eigenvalue weighted by molar-refractivity contribution is 0.247. The quantitative estimate of drug-likeness (QED) is 0.295. The molecule has 2 aromatic heterocycles. The molecule has 2 fully saturated rings. The Labute approximate surface area is 226 Å². The molecule has 6 nitrogen and oxygen atoms in total. The van der Waals surface area contributed by atoms with Crippen molar-refractivity contribution < 1.29 is 0 Å². The number of aromatic nitrogens is 4. The molecule has 0 amide bonds. The van der Waals surface area contributed by atoms with E-state index in [1.165, 1.54) is 56.2 Å². The summed E-state index contributed by atoms with van der Waals surface area (Å²) in [6, 6.07) is 21.7. The van der Waals surface area contributed by atoms with Crippen LogP contribution in [0.4, 0.5) is 11.6 Å². The maximum Gasteiger partial charge on any atom is 0.223 e. The van der Waals surface area contributed by atoms with Gasteiger partial charge in [0.2, 0.25) is 5.95 Å². The van der Waals surface area contributed by atoms with Crippen molar-refractivity contribution in [1.82, 2.24) is 19.7 Å². The monoisotopic (exact) mass is 506 g/mol. The molecule has 2 aromatic carbocycles. The molecule has 6 heteroatoms. The molecule has 196 valence electrons. The lowest BCUT2D eigenvalue weighted by atomic mass is 9.77. The average molecular weight is 507 g/mol. The molecule has 0 radical (unpaired) electrons. The molecule has 1 N–H and O–H groups in total. The Morgan fingerprint density at radius 3 is 2.53 bits per heavy atom. The first-order valence-corrected chi connectivity index (χ1v) is 14.2. The molecular weight excluding hydrogens is 468 g/mol. The average Bonchev–Trinajstić information content (AvgIpc) is 3.41. The normalized spacial score (nSPS) is 21.8. The van der Waals surface area contributed by atoms with E-state index < -0.39 is 0 Å². The number of anilines is 2. The fraction of sp³-hybridized carbons (Fsp3) is 0.406. The Hall–Kier alpha value is -3.67. The van der Waals surface area contributed by atoms with Gasteiger partial charge in [0.25, 0.3) is 0 Å². The highest BCUT2D eigenvalue weighted by atomic mass is 15.3. The first kappa shape index (κ1) is 24.7. The van der Waals surface area contributed by atoms with E-state index in [0.29, 0.717) is 12.0 Å². The molecule has 1 saturated heterocycles. The van der Waals surface area contributed by atoms with Crippen LogP contribution in [0.2, 0.25) is 0 Å². The van der Waals surface area contributed by atoms with Crippen molar-refractivity contribution in [3.05, 3.63) is 84.8 Å². The Morgan fingerprint density at radius 1 is 0.895 bits per heavy atom. The summed E-state index contributed by atoms with van der Waals surface area (Å²) >= 11 is 0. The number of aryl methyl sites for hydroxylation is 1. The van der Waals surface area contributed by atoms with Crippen molar-refractivity contribution >= 4 is 11.6 Å². The van der Waals surface area contributed by atoms with Gasteiger partial charge < -0.3 is 10.2 Å². The van der Waals surface area contributed by atoms with Gasteiger partial charge >= 0.3 is 0 Å². The number of benzene rings is 2. The van der Waals surface area contributed by atoms with Crippen LogP contribution < -0.4 is 10.2 Å². The third-order valence-electron chi connectivity index (χ3n) is 8.29. The molecule has 3 heterocycles. The van der Waals surface area contributed by atoms with Crippen LogP contribution >= 0.6 is 0 Å². The van der Waals surface area contributed by atoms with Gasteiger partial charge in [-0.1, -0.05) is 43.2 Å². The first-order valence-electron chi connectivity index (χ1n) is 14.2. The van der Waals surface area contributed by atoms with Crippen LogP contribution in [0.3, 0.4) is 0 Å². The molecule has 4 aromatic rings. The van der Waals surface area contributed by atoms with Gasteiger partial charge in [0.05, 0.1) is 17.6 Å². The highest BCUT2D eigenvalue weighted by molar-refractivity contribution is 5.59. The van der Waals surface area contributed by atoms with Crippen molar-refractivity contribution in [3.63, 3.8) is 0 Å². The van der Waals surface area contributed by atoms with Crippen molar-refractivity contribution in [3.8, 4) is 16.9 Å². The smallest absolute Gasteiger partial charge is 0.223 e. The summed E-state index contributed by atoms with van der Waals surface area (Å²) in [6.45, 7) is 4.36. The van der Waals surface area contributed by atoms with Gasteiger partial charge in [-0.25, -0.2) is 14.6 Å². The Balaban J connectivity index is 1.10. The summed E-state index contributed by atoms with van der Waals surface area (Å²) in [6.07, 6.45) is 14.8. The fourth-order valence-electron chi connectivity index (χ4n) is 6.33. The molecule has 3 atom stereocenters. The van der Waals surface area contributed by atoms with Crippen LogP contribution in [0.5, 0.6) is 0 Å². The minimum Gasteiger partial charge on any atom is -0.371 e. The summed E-state index contributed by atoms with van der Waals surface area (Å²) < 4.78 is 1.95. The van der Waals surface area contributed by atoms with Gasteiger partial charge in [-0.2, -0.15) is 5.10 Å². The Kier molecular flexibility index (Phi) is 7.38. The standard InChI is InChI=1S/C32H38N6/c1-24-21-34-38(22-24)29-15-13-28(14-16-29)37-19-7-8-25(23-37)20-27-11-5-6-12-30(27)35-32-33-18-17-31(36-32)26-9-3-2-4-10-26/h2-4,9-10,13-18,21-22,25,27,30H,5-8,11-12,19-20,23H2,1H3,(H,33,35,36)/t25-,27+,30-/m1/s1. The van der Waals surface area contributed by atoms with E-state index in [4.69, 9.17) is 4.98 Å². The maximum absolute atomic E-state index is 4.86. The molecule has 1 aliphatic heterocycles. The third kappa shape index (κ3) is 5.74. The van der Waals surface area contributed by atoms with Gasteiger partial charge in [-0.3, -0.25) is 0 Å². The minimum atomic E-state index is 0.446. The van der Waals surface area contributed by atoms with Crippen molar-refractivity contribution in [1.29, 1.82) is 0 Å². The molecular formula is C32H38N6. The summed E-state index contributed by atoms with van der Waals surface area (Å²) in [5.41, 5.74) is 5.73. The molecule has 0 unspecified atom stereocenters. The second kappa shape index (κ2) is 11.4. The Bertz CT molecular complexity index is 1320. The largest absolute Gasteiger partial charge is 0.371 e. The van der Waals surface area contributed by atoms with Crippen LogP contribution in [0.25, 0.3) is 16.9 Å². The molecule has 2 aliphatic rings. The highest BCUT2D eigenvalue weighted by Crippen LogP contribution is 2.35. The van der Waals surface area contributed by atoms with E-state index >= 15 is 0 Å². The van der Waals surface area contributed by atoms with Gasteiger partial charge in [-0.15, -0.1) is 0 Å². The van der Waals surface area contributed by atoms with Crippen molar-refractivity contribution in [2.75, 3.05) is 23.3 Å². The molecule has 1 saturated carbocycles. The molecule has 0 bridgehead atoms. The topological polar surface area (TPSA) is 58.9 Å². The minimum absolute atomic E-state index is 0.446. The number of piperidine rings is 1. The molecule has 0 spiro atoms. The van der Waals surface area contributed by atoms with E-state index in [2.05, 4.69) is 82.0 Å². The highest BCUT2D eigenvalue weighted by Gasteiger charge is 2.30. The molecule has 6 rings (SSSR count). The SMILES string of the molecule is Cc1cnn(-c2ccc(N3CCC[C@H](C[C@@H]4CCCC[C@H]4Nc4nccc(-c5ccccc5)n4)C3)cc2)c1. The lowest BCUT2D eigenvalue weighted by Gasteiger charge is -2.39. The van der Waals surface area contributed by atoms with Crippen LogP contribution in [0.15, 0.2) is 79.3 Å². The van der Waals surface area contributed by atoms with Gasteiger partial charge in [0.1, 0.15) is 0 Å². The van der Waals surface area contributed by atoms with Crippen LogP contribution in [0, 0.1) is 18.8 Å². The maximum atomic E-state index is 4.86. The van der Waals surface area contributed by atoms with E-state index in [1.54, 1.807) is 0 Å². The molecule has 38 heavy (non-hydrogen) atoms. The van der Waals surface area contributed by atoms with Crippen LogP contribution in [-0.2, 0) is 0 Å². The van der Waals surface area contributed by atoms with Crippen LogP contribution in [-0.4, -0.2) is 38.9 Å². The van der Waals surface area contributed by atoms with E-state index in [0.717, 1.165) is 41.9 Å². The van der Waals surface area contributed by atoms with E-state index in [-0.39, 0.29) is 0 Å². The number of hydrogen-bond acceptors (Lipinski definition) is 5. The summed E-state index contributed by atoms with van der Waals surface area (Å²) in [7, 11) is 0. The number of rotatable bonds is 7. The van der Waals surface area contributed by atoms with E-state index in [9.17, 15) is 0 Å². The summed E-state index contributed by atoms with van der Waals surface area (Å²) in [4.78, 5) is 12.0. The van der Waals surface area contributed by atoms with Crippen molar-refractivity contribution in [2.24, 2.45) is 11.8 Å². The summed E-state index contributed by atoms with van der Waals surface area (Å²) in [5.74, 6) is 2.16. The predicted octanol–water partition coefficient (Wildman–Crippen LogP) is 6.92. The number of nitrogens with one attached hydrogen (secondary N) is 1. The number of nitrogens with zero attached hydrogens (tertiary/aromatic N) is 5. The second-order valence-corrected chi connectivity index (χ2v) is 11.1. The van der Waals surface area contributed by atoms with Gasteiger partial charge in [-0.05, 0) is 86.8 Å². The Morgan fingerprint density at radius 2 is 1.71 bits per heavy atom. The zero-order valence-corrected chi connectivity index (χ0v) is 22.3. The van der Waals surface area contributed by atoms with Gasteiger partial charge in [0.15, 0.2) is 0 Å². The zero-order valence-electron chi connectivity index (χ0n) is 22.3. The van der Waals surface area contributed by atoms with Crippen LogP contribution in [0.1, 0.15) is 50.5 Å². The fourth-order valence-corrected chi connectivity index (χ4v) is 6.33. The molecule has 1 aliphatic carbocycles. The third-order valence-corrected chi connectivity index (χ3v) is 8.29. The van der Waals surface area contributed by atoms with Crippen molar-refractivity contribution in [2.45, 2.75) is 57.9 Å². The number of hydrogen-bond donors (Lipinski definition) is 1. The second-order valence-electron chi connectivity index (χ2n) is 11.1. The summed E-state index contributed by atoms with van der Waals surface area (Å²) in [5, 5.41) is 8.20. The predicted molar refractivity (Wildman–Crippen MR) is 155 cm³/mol. The van der Waals surface area contributed by atoms with E-state index in [1.807, 2.05) is 29.2 Å². The van der Waals surface area contributed by atoms with Gasteiger partial charge in [0, 0.05) is 42.8 Å². The lowest BCUT2D eigenvalue weighted by Crippen LogP contribution is -2.39.